The van der Waals surface area contributed by atoms with Crippen molar-refractivity contribution in [3.63, 3.8) is 0 Å². The fourth-order valence-corrected chi connectivity index (χ4v) is 6.63. The molecule has 0 radical (unpaired) electrons. The van der Waals surface area contributed by atoms with E-state index in [1.54, 1.807) is 0 Å². The van der Waals surface area contributed by atoms with E-state index < -0.39 is 31.9 Å². The van der Waals surface area contributed by atoms with Crippen LogP contribution in [0.5, 0.6) is 0 Å². The Bertz CT molecular complexity index is 1190. The summed E-state index contributed by atoms with van der Waals surface area (Å²) in [6.45, 7) is 1.33. The standard InChI is InChI=1S/C25H25FN2O3S2/c26-22-13-15-23(16-14-22)33(30,31)27-24(28-17-7-8-18-28)19-32(29)25(20-9-3-1-4-10-20)21-11-5-2-6-12-21/h1-6,9-16,25H,7-8,17-19H2/b27-24-. The van der Waals surface area contributed by atoms with Gasteiger partial charge in [0.2, 0.25) is 0 Å². The van der Waals surface area contributed by atoms with Crippen molar-refractivity contribution in [1.82, 2.24) is 4.90 Å². The van der Waals surface area contributed by atoms with Crippen LogP contribution in [0.2, 0.25) is 0 Å². The monoisotopic (exact) mass is 484 g/mol. The Hall–Kier alpha value is -2.84. The molecule has 33 heavy (non-hydrogen) atoms. The number of hydrogen-bond donors (Lipinski definition) is 0. The number of nitrogens with zero attached hydrogens (tertiary/aromatic N) is 2. The number of sulfonamides is 1. The van der Waals surface area contributed by atoms with Crippen LogP contribution < -0.4 is 0 Å². The summed E-state index contributed by atoms with van der Waals surface area (Å²) in [4.78, 5) is 1.81. The highest BCUT2D eigenvalue weighted by molar-refractivity contribution is 7.90. The molecule has 8 heteroatoms. The molecule has 1 aliphatic rings. The SMILES string of the molecule is O=S(C/C(=N/S(=O)(=O)c1ccc(F)cc1)N1CCCC1)C(c1ccccc1)c1ccccc1. The van der Waals surface area contributed by atoms with Crippen molar-refractivity contribution in [1.29, 1.82) is 0 Å². The summed E-state index contributed by atoms with van der Waals surface area (Å²) in [7, 11) is -5.55. The van der Waals surface area contributed by atoms with Gasteiger partial charge in [-0.25, -0.2) is 4.39 Å². The van der Waals surface area contributed by atoms with Crippen molar-refractivity contribution in [2.75, 3.05) is 18.8 Å². The highest BCUT2D eigenvalue weighted by Crippen LogP contribution is 2.29. The third kappa shape index (κ3) is 5.75. The van der Waals surface area contributed by atoms with Crippen LogP contribution in [0.1, 0.15) is 29.2 Å². The lowest BCUT2D eigenvalue weighted by Gasteiger charge is -2.23. The van der Waals surface area contributed by atoms with Crippen LogP contribution in [0.15, 0.2) is 94.2 Å². The van der Waals surface area contributed by atoms with E-state index in [0.29, 0.717) is 13.1 Å². The molecule has 0 N–H and O–H groups in total. The van der Waals surface area contributed by atoms with Gasteiger partial charge in [0.05, 0.1) is 15.9 Å². The minimum Gasteiger partial charge on any atom is -0.359 e. The van der Waals surface area contributed by atoms with Crippen molar-refractivity contribution in [2.45, 2.75) is 23.0 Å². The van der Waals surface area contributed by atoms with Crippen LogP contribution in [-0.2, 0) is 20.8 Å². The van der Waals surface area contributed by atoms with Gasteiger partial charge in [-0.05, 0) is 48.2 Å². The van der Waals surface area contributed by atoms with Gasteiger partial charge in [-0.2, -0.15) is 8.42 Å². The second kappa shape index (κ2) is 10.4. The van der Waals surface area contributed by atoms with E-state index in [1.165, 1.54) is 12.1 Å². The molecule has 1 heterocycles. The van der Waals surface area contributed by atoms with Gasteiger partial charge in [0.1, 0.15) is 11.7 Å². The average Bonchev–Trinajstić information content (AvgIpc) is 3.36. The maximum absolute atomic E-state index is 13.7. The first-order valence-corrected chi connectivity index (χ1v) is 13.6. The van der Waals surface area contributed by atoms with Crippen molar-refractivity contribution < 1.29 is 17.0 Å². The normalized spacial score (nSPS) is 15.7. The third-order valence-corrected chi connectivity index (χ3v) is 8.48. The summed E-state index contributed by atoms with van der Waals surface area (Å²) < 4.78 is 57.1. The predicted molar refractivity (Wildman–Crippen MR) is 130 cm³/mol. The Labute approximate surface area is 196 Å². The first-order valence-electron chi connectivity index (χ1n) is 10.8. The molecule has 1 saturated heterocycles. The van der Waals surface area contributed by atoms with Gasteiger partial charge in [0.25, 0.3) is 10.0 Å². The molecule has 172 valence electrons. The minimum atomic E-state index is -4.07. The second-order valence-corrected chi connectivity index (χ2v) is 11.0. The maximum Gasteiger partial charge on any atom is 0.283 e. The summed E-state index contributed by atoms with van der Waals surface area (Å²) in [5, 5.41) is -0.422. The summed E-state index contributed by atoms with van der Waals surface area (Å²) >= 11 is 0. The maximum atomic E-state index is 13.7. The molecule has 0 amide bonds. The molecule has 1 aliphatic heterocycles. The van der Waals surface area contributed by atoms with Crippen molar-refractivity contribution in [3.05, 3.63) is 102 Å². The topological polar surface area (TPSA) is 66.8 Å². The lowest BCUT2D eigenvalue weighted by Crippen LogP contribution is -2.34. The van der Waals surface area contributed by atoms with Crippen LogP contribution in [0, 0.1) is 5.82 Å². The fraction of sp³-hybridized carbons (Fsp3) is 0.240. The summed E-state index contributed by atoms with van der Waals surface area (Å²) in [6, 6.07) is 23.7. The van der Waals surface area contributed by atoms with E-state index in [-0.39, 0.29) is 16.5 Å². The zero-order valence-electron chi connectivity index (χ0n) is 18.0. The Kier molecular flexibility index (Phi) is 7.35. The number of amidine groups is 1. The number of likely N-dealkylation sites (tertiary alicyclic amines) is 1. The Morgan fingerprint density at radius 2 is 1.39 bits per heavy atom. The molecule has 3 aromatic carbocycles. The minimum absolute atomic E-state index is 0.00508. The smallest absolute Gasteiger partial charge is 0.283 e. The molecule has 1 atom stereocenters. The Balaban J connectivity index is 1.70. The summed E-state index contributed by atoms with van der Waals surface area (Å²) in [5.41, 5.74) is 1.79. The molecule has 3 aromatic rings. The molecule has 1 unspecified atom stereocenters. The second-order valence-electron chi connectivity index (χ2n) is 7.86. The van der Waals surface area contributed by atoms with E-state index in [9.17, 15) is 17.0 Å². The van der Waals surface area contributed by atoms with Crippen LogP contribution in [0.4, 0.5) is 4.39 Å². The number of rotatable bonds is 7. The molecular weight excluding hydrogens is 459 g/mol. The molecule has 0 spiro atoms. The summed E-state index contributed by atoms with van der Waals surface area (Å²) in [5.74, 6) is -0.242. The molecule has 5 nitrogen and oxygen atoms in total. The highest BCUT2D eigenvalue weighted by Gasteiger charge is 2.27. The van der Waals surface area contributed by atoms with Gasteiger partial charge < -0.3 is 4.90 Å². The van der Waals surface area contributed by atoms with Gasteiger partial charge in [-0.1, -0.05) is 60.7 Å². The quantitative estimate of drug-likeness (QED) is 0.365. The number of halogens is 1. The van der Waals surface area contributed by atoms with E-state index >= 15 is 0 Å². The van der Waals surface area contributed by atoms with Gasteiger partial charge >= 0.3 is 0 Å². The zero-order chi connectivity index (χ0) is 23.3. The van der Waals surface area contributed by atoms with Crippen LogP contribution >= 0.6 is 0 Å². The van der Waals surface area contributed by atoms with Crippen LogP contribution in [0.25, 0.3) is 0 Å². The van der Waals surface area contributed by atoms with E-state index in [0.717, 1.165) is 36.1 Å². The third-order valence-electron chi connectivity index (χ3n) is 5.55. The van der Waals surface area contributed by atoms with Crippen molar-refractivity contribution >= 4 is 26.7 Å². The molecule has 0 bridgehead atoms. The molecular formula is C25H25FN2O3S2. The number of benzene rings is 3. The molecule has 1 fully saturated rings. The van der Waals surface area contributed by atoms with Crippen molar-refractivity contribution in [3.8, 4) is 0 Å². The predicted octanol–water partition coefficient (Wildman–Crippen LogP) is 4.55. The van der Waals surface area contributed by atoms with Gasteiger partial charge in [-0.3, -0.25) is 4.21 Å². The number of hydrogen-bond acceptors (Lipinski definition) is 3. The van der Waals surface area contributed by atoms with Gasteiger partial charge in [-0.15, -0.1) is 4.40 Å². The van der Waals surface area contributed by atoms with Gasteiger partial charge in [0, 0.05) is 23.9 Å². The Morgan fingerprint density at radius 3 is 1.91 bits per heavy atom. The molecule has 0 saturated carbocycles. The highest BCUT2D eigenvalue weighted by atomic mass is 32.2. The van der Waals surface area contributed by atoms with E-state index in [2.05, 4.69) is 4.40 Å². The van der Waals surface area contributed by atoms with Gasteiger partial charge in [0.15, 0.2) is 0 Å². The molecule has 0 aliphatic carbocycles. The zero-order valence-corrected chi connectivity index (χ0v) is 19.6. The first-order chi connectivity index (χ1) is 15.9. The van der Waals surface area contributed by atoms with Crippen molar-refractivity contribution in [2.24, 2.45) is 4.40 Å². The fourth-order valence-electron chi connectivity index (χ4n) is 3.91. The van der Waals surface area contributed by atoms with E-state index in [4.69, 9.17) is 0 Å². The van der Waals surface area contributed by atoms with Crippen LogP contribution in [-0.4, -0.2) is 42.2 Å². The first kappa shape index (κ1) is 23.3. The molecule has 0 aromatic heterocycles. The largest absolute Gasteiger partial charge is 0.359 e. The van der Waals surface area contributed by atoms with E-state index in [1.807, 2.05) is 65.6 Å². The Morgan fingerprint density at radius 1 is 0.879 bits per heavy atom. The molecule has 4 rings (SSSR count). The lowest BCUT2D eigenvalue weighted by molar-refractivity contribution is 0.516. The average molecular weight is 485 g/mol. The lowest BCUT2D eigenvalue weighted by atomic mass is 10.0. The van der Waals surface area contributed by atoms with Crippen LogP contribution in [0.3, 0.4) is 0 Å². The summed E-state index contributed by atoms with van der Waals surface area (Å²) in [6.07, 6.45) is 1.84.